The van der Waals surface area contributed by atoms with Crippen LogP contribution in [0.25, 0.3) is 0 Å². The van der Waals surface area contributed by atoms with Crippen molar-refractivity contribution in [1.82, 2.24) is 5.32 Å². The Morgan fingerprint density at radius 2 is 2.12 bits per heavy atom. The van der Waals surface area contributed by atoms with Gasteiger partial charge in [-0.1, -0.05) is 45.7 Å². The fraction of sp³-hybridized carbons (Fsp3) is 0.385. The second-order valence-electron chi connectivity index (χ2n) is 4.26. The van der Waals surface area contributed by atoms with Crippen LogP contribution in [-0.4, -0.2) is 12.6 Å². The minimum absolute atomic E-state index is 0.173. The molecule has 92 valence electrons. The Morgan fingerprint density at radius 1 is 1.41 bits per heavy atom. The Bertz CT molecular complexity index is 412. The molecule has 0 amide bonds. The van der Waals surface area contributed by atoms with E-state index in [0.29, 0.717) is 12.6 Å². The van der Waals surface area contributed by atoms with Crippen molar-refractivity contribution in [3.8, 4) is 0 Å². The molecule has 0 fully saturated rings. The third-order valence-electron chi connectivity index (χ3n) is 3.02. The van der Waals surface area contributed by atoms with E-state index in [1.807, 2.05) is 18.2 Å². The van der Waals surface area contributed by atoms with E-state index in [2.05, 4.69) is 33.4 Å². The van der Waals surface area contributed by atoms with Crippen LogP contribution in [0.4, 0.5) is 0 Å². The molecule has 1 aromatic rings. The van der Waals surface area contributed by atoms with Crippen LogP contribution >= 0.6 is 27.5 Å². The molecule has 0 aliphatic heterocycles. The van der Waals surface area contributed by atoms with Crippen molar-refractivity contribution >= 4 is 27.5 Å². The van der Waals surface area contributed by atoms with Crippen LogP contribution in [0, 0.1) is 0 Å². The highest BCUT2D eigenvalue weighted by atomic mass is 79.9. The summed E-state index contributed by atoms with van der Waals surface area (Å²) in [6.45, 7) is 0.580. The van der Waals surface area contributed by atoms with E-state index in [0.717, 1.165) is 22.3 Å². The highest BCUT2D eigenvalue weighted by Gasteiger charge is 2.18. The van der Waals surface area contributed by atoms with E-state index in [9.17, 15) is 0 Å². The normalized spacial score (nSPS) is 17.6. The van der Waals surface area contributed by atoms with E-state index in [1.165, 1.54) is 5.56 Å². The molecule has 1 unspecified atom stereocenters. The third kappa shape index (κ3) is 3.32. The molecule has 0 saturated carbocycles. The Balaban J connectivity index is 2.11. The zero-order valence-electron chi connectivity index (χ0n) is 9.50. The highest BCUT2D eigenvalue weighted by molar-refractivity contribution is 9.10. The van der Waals surface area contributed by atoms with Crippen molar-refractivity contribution in [3.63, 3.8) is 0 Å². The van der Waals surface area contributed by atoms with Gasteiger partial charge in [-0.3, -0.25) is 0 Å². The summed E-state index contributed by atoms with van der Waals surface area (Å²) in [5, 5.41) is 4.32. The average Bonchev–Trinajstić information content (AvgIpc) is 2.79. The molecule has 1 aliphatic rings. The smallest absolute Gasteiger partial charge is 0.0458 e. The topological polar surface area (TPSA) is 38.0 Å². The molecule has 2 nitrogen and oxygen atoms in total. The molecule has 0 aromatic heterocycles. The first-order chi connectivity index (χ1) is 8.20. The first kappa shape index (κ1) is 13.1. The number of nitrogens with two attached hydrogens (primary N) is 1. The fourth-order valence-corrected chi connectivity index (χ4v) is 3.07. The van der Waals surface area contributed by atoms with Crippen LogP contribution in [-0.2, 0) is 0 Å². The van der Waals surface area contributed by atoms with Crippen molar-refractivity contribution in [2.24, 2.45) is 5.73 Å². The monoisotopic (exact) mass is 314 g/mol. The van der Waals surface area contributed by atoms with Gasteiger partial charge in [0.25, 0.3) is 0 Å². The summed E-state index contributed by atoms with van der Waals surface area (Å²) in [5.41, 5.74) is 7.02. The molecule has 0 saturated heterocycles. The van der Waals surface area contributed by atoms with E-state index in [4.69, 9.17) is 17.3 Å². The Kier molecular flexibility index (Phi) is 4.62. The van der Waals surface area contributed by atoms with Crippen molar-refractivity contribution < 1.29 is 0 Å². The van der Waals surface area contributed by atoms with Crippen molar-refractivity contribution in [2.75, 3.05) is 6.54 Å². The summed E-state index contributed by atoms with van der Waals surface area (Å²) in [6, 6.07) is 6.52. The summed E-state index contributed by atoms with van der Waals surface area (Å²) in [5.74, 6) is 0. The maximum absolute atomic E-state index is 5.94. The summed E-state index contributed by atoms with van der Waals surface area (Å²) in [4.78, 5) is 0. The van der Waals surface area contributed by atoms with Gasteiger partial charge in [0, 0.05) is 28.1 Å². The van der Waals surface area contributed by atoms with Gasteiger partial charge in [-0.15, -0.1) is 0 Å². The van der Waals surface area contributed by atoms with E-state index >= 15 is 0 Å². The molecule has 4 heteroatoms. The van der Waals surface area contributed by atoms with Crippen molar-refractivity contribution in [2.45, 2.75) is 24.9 Å². The molecule has 1 atom stereocenters. The van der Waals surface area contributed by atoms with Gasteiger partial charge in [0.1, 0.15) is 0 Å². The maximum Gasteiger partial charge on any atom is 0.0458 e. The molecule has 1 aliphatic carbocycles. The molecular weight excluding hydrogens is 300 g/mol. The Hall–Kier alpha value is -0.350. The summed E-state index contributed by atoms with van der Waals surface area (Å²) < 4.78 is 1.01. The molecule has 17 heavy (non-hydrogen) atoms. The predicted octanol–water partition coefficient (Wildman–Crippen LogP) is 3.41. The number of benzene rings is 1. The van der Waals surface area contributed by atoms with Gasteiger partial charge in [0.2, 0.25) is 0 Å². The van der Waals surface area contributed by atoms with E-state index in [-0.39, 0.29) is 6.04 Å². The molecular formula is C13H16BrClN2. The van der Waals surface area contributed by atoms with Gasteiger partial charge < -0.3 is 11.1 Å². The molecule has 0 bridgehead atoms. The molecule has 0 radical (unpaired) electrons. The predicted molar refractivity (Wildman–Crippen MR) is 76.2 cm³/mol. The summed E-state index contributed by atoms with van der Waals surface area (Å²) in [7, 11) is 0. The van der Waals surface area contributed by atoms with E-state index in [1.54, 1.807) is 0 Å². The SMILES string of the molecule is NCC(NC1CC=CC1)c1ccc(Cl)cc1Br. The largest absolute Gasteiger partial charge is 0.329 e. The summed E-state index contributed by atoms with van der Waals surface area (Å²) >= 11 is 9.49. The Morgan fingerprint density at radius 3 is 2.71 bits per heavy atom. The Labute approximate surface area is 115 Å². The second-order valence-corrected chi connectivity index (χ2v) is 5.55. The molecule has 0 heterocycles. The number of hydrogen-bond donors (Lipinski definition) is 2. The van der Waals surface area contributed by atoms with Crippen LogP contribution in [0.5, 0.6) is 0 Å². The lowest BCUT2D eigenvalue weighted by atomic mass is 10.1. The van der Waals surface area contributed by atoms with Gasteiger partial charge in [0.15, 0.2) is 0 Å². The lowest BCUT2D eigenvalue weighted by Crippen LogP contribution is -2.35. The van der Waals surface area contributed by atoms with Crippen molar-refractivity contribution in [3.05, 3.63) is 45.4 Å². The first-order valence-corrected chi connectivity index (χ1v) is 6.94. The van der Waals surface area contributed by atoms with Gasteiger partial charge in [0.05, 0.1) is 0 Å². The molecule has 2 rings (SSSR count). The quantitative estimate of drug-likeness (QED) is 0.836. The second kappa shape index (κ2) is 6.01. The van der Waals surface area contributed by atoms with E-state index < -0.39 is 0 Å². The number of nitrogens with one attached hydrogen (secondary N) is 1. The zero-order chi connectivity index (χ0) is 12.3. The highest BCUT2D eigenvalue weighted by Crippen LogP contribution is 2.27. The molecule has 0 spiro atoms. The van der Waals surface area contributed by atoms with Gasteiger partial charge in [-0.25, -0.2) is 0 Å². The minimum atomic E-state index is 0.173. The fourth-order valence-electron chi connectivity index (χ4n) is 2.11. The minimum Gasteiger partial charge on any atom is -0.329 e. The maximum atomic E-state index is 5.94. The average molecular weight is 316 g/mol. The summed E-state index contributed by atoms with van der Waals surface area (Å²) in [6.07, 6.45) is 6.59. The van der Waals surface area contributed by atoms with Crippen LogP contribution in [0.2, 0.25) is 5.02 Å². The van der Waals surface area contributed by atoms with Crippen LogP contribution < -0.4 is 11.1 Å². The van der Waals surface area contributed by atoms with Crippen LogP contribution in [0.1, 0.15) is 24.4 Å². The zero-order valence-corrected chi connectivity index (χ0v) is 11.8. The molecule has 1 aromatic carbocycles. The first-order valence-electron chi connectivity index (χ1n) is 5.76. The lowest BCUT2D eigenvalue weighted by molar-refractivity contribution is 0.452. The molecule has 3 N–H and O–H groups in total. The van der Waals surface area contributed by atoms with Gasteiger partial charge >= 0.3 is 0 Å². The van der Waals surface area contributed by atoms with Crippen molar-refractivity contribution in [1.29, 1.82) is 0 Å². The standard InChI is InChI=1S/C13H16BrClN2/c14-12-7-9(15)5-6-11(12)13(8-16)17-10-3-1-2-4-10/h1-2,5-7,10,13,17H,3-4,8,16H2. The number of rotatable bonds is 4. The van der Waals surface area contributed by atoms with Crippen LogP contribution in [0.3, 0.4) is 0 Å². The van der Waals surface area contributed by atoms with Crippen LogP contribution in [0.15, 0.2) is 34.8 Å². The van der Waals surface area contributed by atoms with Gasteiger partial charge in [-0.2, -0.15) is 0 Å². The number of hydrogen-bond acceptors (Lipinski definition) is 2. The number of halogens is 2. The third-order valence-corrected chi connectivity index (χ3v) is 3.94. The van der Waals surface area contributed by atoms with Gasteiger partial charge in [-0.05, 0) is 30.5 Å². The lowest BCUT2D eigenvalue weighted by Gasteiger charge is -2.23.